The summed E-state index contributed by atoms with van der Waals surface area (Å²) in [4.78, 5) is 1.91. The van der Waals surface area contributed by atoms with E-state index < -0.39 is 21.8 Å². The summed E-state index contributed by atoms with van der Waals surface area (Å²) < 4.78 is 73.5. The molecule has 1 aromatic carbocycles. The van der Waals surface area contributed by atoms with Gasteiger partial charge in [0.2, 0.25) is 10.0 Å². The molecule has 0 N–H and O–H groups in total. The lowest BCUT2D eigenvalue weighted by molar-refractivity contribution is -0.137. The Hall–Kier alpha value is -1.83. The Morgan fingerprint density at radius 2 is 1.91 bits per heavy atom. The van der Waals surface area contributed by atoms with Gasteiger partial charge in [-0.15, -0.1) is 0 Å². The highest BCUT2D eigenvalue weighted by Crippen LogP contribution is 2.47. The van der Waals surface area contributed by atoms with Gasteiger partial charge in [-0.3, -0.25) is 0 Å². The number of anilines is 1. The molecule has 4 rings (SSSR count). The first kappa shape index (κ1) is 25.3. The Morgan fingerprint density at radius 1 is 1.21 bits per heavy atom. The van der Waals surface area contributed by atoms with Crippen LogP contribution in [0.1, 0.15) is 50.2 Å². The molecule has 0 aromatic heterocycles. The van der Waals surface area contributed by atoms with Crippen molar-refractivity contribution in [2.75, 3.05) is 50.0 Å². The van der Waals surface area contributed by atoms with Crippen LogP contribution in [0.2, 0.25) is 0 Å². The zero-order valence-corrected chi connectivity index (χ0v) is 20.3. The molecular weight excluding hydrogens is 467 g/mol. The second-order valence-corrected chi connectivity index (χ2v) is 12.1. The minimum atomic E-state index is -4.60. The molecule has 1 aliphatic carbocycles. The maximum atomic E-state index is 13.4. The topological polar surface area (TPSA) is 73.6 Å². The van der Waals surface area contributed by atoms with Crippen molar-refractivity contribution in [1.82, 2.24) is 4.31 Å². The number of rotatable bonds is 8. The standard InChI is InChI=1S/C24H32F3N3O3S/c1-2-11-34(31,32)30-14-20(16-33-15-18-3-4-18)23(17-30)7-9-29(10-8-23)21-6-5-19(13-28)22(12-21)24(25,26)27/h5-6,12,18,20H,2-4,7-11,14-17H2,1H3. The Balaban J connectivity index is 1.50. The number of alkyl halides is 3. The lowest BCUT2D eigenvalue weighted by atomic mass is 9.71. The van der Waals surface area contributed by atoms with E-state index in [-0.39, 0.29) is 22.6 Å². The van der Waals surface area contributed by atoms with Crippen LogP contribution in [0.3, 0.4) is 0 Å². The van der Waals surface area contributed by atoms with Gasteiger partial charge in [-0.2, -0.15) is 18.4 Å². The molecule has 0 radical (unpaired) electrons. The van der Waals surface area contributed by atoms with E-state index in [0.717, 1.165) is 6.07 Å². The van der Waals surface area contributed by atoms with E-state index in [2.05, 4.69) is 0 Å². The number of ether oxygens (including phenoxy) is 1. The highest BCUT2D eigenvalue weighted by molar-refractivity contribution is 7.89. The Labute approximate surface area is 199 Å². The van der Waals surface area contributed by atoms with Gasteiger partial charge in [0.05, 0.1) is 29.6 Å². The molecule has 3 fully saturated rings. The number of sulfonamides is 1. The third-order valence-electron chi connectivity index (χ3n) is 7.56. The molecule has 3 aliphatic rings. The quantitative estimate of drug-likeness (QED) is 0.534. The van der Waals surface area contributed by atoms with E-state index in [1.807, 2.05) is 11.8 Å². The molecule has 1 unspecified atom stereocenters. The maximum absolute atomic E-state index is 13.4. The normalized spacial score (nSPS) is 23.4. The zero-order valence-electron chi connectivity index (χ0n) is 19.5. The van der Waals surface area contributed by atoms with Crippen molar-refractivity contribution in [1.29, 1.82) is 5.26 Å². The first-order chi connectivity index (χ1) is 16.1. The van der Waals surface area contributed by atoms with Crippen LogP contribution in [-0.2, 0) is 20.9 Å². The fourth-order valence-electron chi connectivity index (χ4n) is 5.31. The van der Waals surface area contributed by atoms with Gasteiger partial charge in [-0.05, 0) is 61.6 Å². The molecular formula is C24H32F3N3O3S. The van der Waals surface area contributed by atoms with Crippen molar-refractivity contribution in [2.24, 2.45) is 17.3 Å². The van der Waals surface area contributed by atoms with Gasteiger partial charge in [0.15, 0.2) is 0 Å². The van der Waals surface area contributed by atoms with Crippen LogP contribution in [0, 0.1) is 28.6 Å². The van der Waals surface area contributed by atoms with Crippen LogP contribution in [0.4, 0.5) is 18.9 Å². The summed E-state index contributed by atoms with van der Waals surface area (Å²) in [5, 5.41) is 9.06. The average Bonchev–Trinajstić information content (AvgIpc) is 3.55. The molecule has 1 saturated carbocycles. The third kappa shape index (κ3) is 5.37. The third-order valence-corrected chi connectivity index (χ3v) is 9.55. The van der Waals surface area contributed by atoms with E-state index in [9.17, 15) is 21.6 Å². The van der Waals surface area contributed by atoms with Gasteiger partial charge in [0.1, 0.15) is 0 Å². The van der Waals surface area contributed by atoms with Crippen LogP contribution in [0.5, 0.6) is 0 Å². The van der Waals surface area contributed by atoms with E-state index in [1.54, 1.807) is 16.4 Å². The molecule has 0 bridgehead atoms. The Bertz CT molecular complexity index is 1030. The summed E-state index contributed by atoms with van der Waals surface area (Å²) in [7, 11) is -3.33. The van der Waals surface area contributed by atoms with E-state index in [0.29, 0.717) is 70.3 Å². The molecule has 2 aliphatic heterocycles. The van der Waals surface area contributed by atoms with Crippen molar-refractivity contribution in [3.05, 3.63) is 29.3 Å². The minimum absolute atomic E-state index is 0.0757. The monoisotopic (exact) mass is 499 g/mol. The number of benzene rings is 1. The van der Waals surface area contributed by atoms with Gasteiger partial charge in [0.25, 0.3) is 0 Å². The van der Waals surface area contributed by atoms with Crippen LogP contribution in [-0.4, -0.2) is 57.9 Å². The van der Waals surface area contributed by atoms with Gasteiger partial charge in [0, 0.05) is 44.4 Å². The smallest absolute Gasteiger partial charge is 0.381 e. The second kappa shape index (κ2) is 9.67. The predicted octanol–water partition coefficient (Wildman–Crippen LogP) is 4.26. The number of nitrogens with zero attached hydrogens (tertiary/aromatic N) is 3. The first-order valence-corrected chi connectivity index (χ1v) is 13.6. The number of hydrogen-bond acceptors (Lipinski definition) is 5. The van der Waals surface area contributed by atoms with E-state index in [4.69, 9.17) is 10.00 Å². The molecule has 1 atom stereocenters. The largest absolute Gasteiger partial charge is 0.417 e. The summed E-state index contributed by atoms with van der Waals surface area (Å²) in [6, 6.07) is 5.47. The Kier molecular flexibility index (Phi) is 7.19. The average molecular weight is 500 g/mol. The number of halogens is 3. The lowest BCUT2D eigenvalue weighted by Crippen LogP contribution is -2.45. The SMILES string of the molecule is CCCS(=O)(=O)N1CC(COCC2CC2)C2(CCN(c3ccc(C#N)c(C(F)(F)F)c3)CC2)C1. The van der Waals surface area contributed by atoms with Crippen molar-refractivity contribution < 1.29 is 26.3 Å². The van der Waals surface area contributed by atoms with Crippen LogP contribution in [0.15, 0.2) is 18.2 Å². The van der Waals surface area contributed by atoms with Crippen molar-refractivity contribution in [3.63, 3.8) is 0 Å². The molecule has 1 aromatic rings. The predicted molar refractivity (Wildman–Crippen MR) is 123 cm³/mol. The van der Waals surface area contributed by atoms with Gasteiger partial charge >= 0.3 is 6.18 Å². The van der Waals surface area contributed by atoms with Crippen LogP contribution in [0.25, 0.3) is 0 Å². The van der Waals surface area contributed by atoms with Crippen LogP contribution >= 0.6 is 0 Å². The van der Waals surface area contributed by atoms with Gasteiger partial charge in [-0.1, -0.05) is 6.92 Å². The summed E-state index contributed by atoms with van der Waals surface area (Å²) in [5.41, 5.74) is -1.10. The van der Waals surface area contributed by atoms with Gasteiger partial charge < -0.3 is 9.64 Å². The van der Waals surface area contributed by atoms with Crippen LogP contribution < -0.4 is 4.90 Å². The highest BCUT2D eigenvalue weighted by atomic mass is 32.2. The molecule has 2 saturated heterocycles. The molecule has 1 spiro atoms. The molecule has 0 amide bonds. The molecule has 10 heteroatoms. The highest BCUT2D eigenvalue weighted by Gasteiger charge is 2.51. The number of piperidine rings is 1. The molecule has 188 valence electrons. The molecule has 6 nitrogen and oxygen atoms in total. The maximum Gasteiger partial charge on any atom is 0.417 e. The number of nitriles is 1. The summed E-state index contributed by atoms with van der Waals surface area (Å²) in [6.45, 7) is 5.04. The molecule has 34 heavy (non-hydrogen) atoms. The second-order valence-electron chi connectivity index (χ2n) is 9.98. The van der Waals surface area contributed by atoms with Gasteiger partial charge in [-0.25, -0.2) is 12.7 Å². The Morgan fingerprint density at radius 3 is 2.50 bits per heavy atom. The van der Waals surface area contributed by atoms with E-state index in [1.165, 1.54) is 18.9 Å². The molecule has 2 heterocycles. The fourth-order valence-corrected chi connectivity index (χ4v) is 6.95. The minimum Gasteiger partial charge on any atom is -0.381 e. The zero-order chi connectivity index (χ0) is 24.6. The fraction of sp³-hybridized carbons (Fsp3) is 0.708. The first-order valence-electron chi connectivity index (χ1n) is 12.0. The van der Waals surface area contributed by atoms with Crippen molar-refractivity contribution >= 4 is 15.7 Å². The number of hydrogen-bond donors (Lipinski definition) is 0. The van der Waals surface area contributed by atoms with Crippen molar-refractivity contribution in [3.8, 4) is 6.07 Å². The summed E-state index contributed by atoms with van der Waals surface area (Å²) in [6.07, 6.45) is -0.295. The summed E-state index contributed by atoms with van der Waals surface area (Å²) in [5.74, 6) is 0.820. The lowest BCUT2D eigenvalue weighted by Gasteiger charge is -2.43. The van der Waals surface area contributed by atoms with E-state index >= 15 is 0 Å². The van der Waals surface area contributed by atoms with Crippen molar-refractivity contribution in [2.45, 2.75) is 45.2 Å². The summed E-state index contributed by atoms with van der Waals surface area (Å²) >= 11 is 0.